The predicted octanol–water partition coefficient (Wildman–Crippen LogP) is 2.74. The molecule has 3 rings (SSSR count). The number of carbonyl (C=O) groups excluding carboxylic acids is 2. The number of ether oxygens (including phenoxy) is 3. The zero-order valence-electron chi connectivity index (χ0n) is 17.9. The van der Waals surface area contributed by atoms with Crippen molar-refractivity contribution in [3.05, 3.63) is 28.2 Å². The number of carbonyl (C=O) groups is 2. The first kappa shape index (κ1) is 21.9. The summed E-state index contributed by atoms with van der Waals surface area (Å²) >= 11 is 1.60. The lowest BCUT2D eigenvalue weighted by atomic mass is 10.1. The molecule has 2 amide bonds. The van der Waals surface area contributed by atoms with Gasteiger partial charge in [0.2, 0.25) is 17.6 Å². The molecule has 1 aliphatic heterocycles. The maximum Gasteiger partial charge on any atom is 0.228 e. The van der Waals surface area contributed by atoms with Gasteiger partial charge in [0, 0.05) is 37.5 Å². The number of anilines is 1. The topological polar surface area (TPSA) is 81.2 Å². The Morgan fingerprint density at radius 2 is 1.90 bits per heavy atom. The molecule has 30 heavy (non-hydrogen) atoms. The van der Waals surface area contributed by atoms with Crippen LogP contribution in [0.4, 0.5) is 5.69 Å². The third-order valence-corrected chi connectivity index (χ3v) is 6.15. The number of hydrogen-bond donors (Lipinski definition) is 0. The summed E-state index contributed by atoms with van der Waals surface area (Å²) in [4.78, 5) is 33.4. The van der Waals surface area contributed by atoms with Crippen LogP contribution in [0.5, 0.6) is 17.2 Å². The van der Waals surface area contributed by atoms with E-state index >= 15 is 0 Å². The van der Waals surface area contributed by atoms with Crippen molar-refractivity contribution < 1.29 is 23.8 Å². The number of aryl methyl sites for hydroxylation is 1. The summed E-state index contributed by atoms with van der Waals surface area (Å²) in [6, 6.07) is 3.44. The van der Waals surface area contributed by atoms with Gasteiger partial charge in [-0.3, -0.25) is 9.59 Å². The summed E-state index contributed by atoms with van der Waals surface area (Å²) in [5.74, 6) is 0.786. The molecule has 1 atom stereocenters. The van der Waals surface area contributed by atoms with Gasteiger partial charge in [-0.05, 0) is 6.42 Å². The molecular formula is C21H27N3O5S. The second kappa shape index (κ2) is 9.34. The van der Waals surface area contributed by atoms with Gasteiger partial charge >= 0.3 is 0 Å². The van der Waals surface area contributed by atoms with Gasteiger partial charge in [-0.25, -0.2) is 4.98 Å². The highest BCUT2D eigenvalue weighted by molar-refractivity contribution is 7.09. The summed E-state index contributed by atoms with van der Waals surface area (Å²) in [7, 11) is 6.32. The van der Waals surface area contributed by atoms with Crippen molar-refractivity contribution in [1.29, 1.82) is 0 Å². The van der Waals surface area contributed by atoms with Crippen molar-refractivity contribution in [2.45, 2.75) is 26.3 Å². The standard InChI is InChI=1S/C21H27N3O5S/c1-6-18-22-14(12-30-18)11-23(2)21(26)13-7-19(25)24(10-13)15-8-16(27-3)20(29-5)17(9-15)28-4/h8-9,12-13H,6-7,10-11H2,1-5H3. The number of rotatable bonds is 8. The molecule has 9 heteroatoms. The number of benzene rings is 1. The molecule has 1 unspecified atom stereocenters. The number of aromatic nitrogens is 1. The summed E-state index contributed by atoms with van der Waals surface area (Å²) < 4.78 is 16.1. The average Bonchev–Trinajstić information content (AvgIpc) is 3.38. The number of thiazole rings is 1. The largest absolute Gasteiger partial charge is 0.493 e. The summed E-state index contributed by atoms with van der Waals surface area (Å²) in [6.45, 7) is 2.79. The first-order chi connectivity index (χ1) is 14.4. The second-order valence-corrected chi connectivity index (χ2v) is 8.01. The van der Waals surface area contributed by atoms with Gasteiger partial charge in [0.1, 0.15) is 0 Å². The number of methoxy groups -OCH3 is 3. The van der Waals surface area contributed by atoms with Gasteiger partial charge < -0.3 is 24.0 Å². The maximum absolute atomic E-state index is 12.9. The van der Waals surface area contributed by atoms with Gasteiger partial charge in [-0.15, -0.1) is 11.3 Å². The zero-order valence-corrected chi connectivity index (χ0v) is 18.7. The normalized spacial score (nSPS) is 16.0. The van der Waals surface area contributed by atoms with Crippen LogP contribution < -0.4 is 19.1 Å². The van der Waals surface area contributed by atoms with E-state index in [0.29, 0.717) is 36.0 Å². The molecule has 2 heterocycles. The molecule has 0 aliphatic carbocycles. The smallest absolute Gasteiger partial charge is 0.228 e. The Morgan fingerprint density at radius 1 is 1.23 bits per heavy atom. The molecule has 0 saturated carbocycles. The SMILES string of the molecule is CCc1nc(CN(C)C(=O)C2CC(=O)N(c3cc(OC)c(OC)c(OC)c3)C2)cs1. The van der Waals surface area contributed by atoms with Crippen LogP contribution in [-0.2, 0) is 22.6 Å². The van der Waals surface area contributed by atoms with Crippen molar-refractivity contribution in [2.24, 2.45) is 5.92 Å². The molecule has 162 valence electrons. The van der Waals surface area contributed by atoms with E-state index < -0.39 is 5.92 Å². The van der Waals surface area contributed by atoms with Gasteiger partial charge in [0.25, 0.3) is 0 Å². The highest BCUT2D eigenvalue weighted by Crippen LogP contribution is 2.42. The lowest BCUT2D eigenvalue weighted by Crippen LogP contribution is -2.34. The molecule has 1 fully saturated rings. The van der Waals surface area contributed by atoms with E-state index in [4.69, 9.17) is 14.2 Å². The quantitative estimate of drug-likeness (QED) is 0.637. The Bertz CT molecular complexity index is 904. The van der Waals surface area contributed by atoms with Crippen LogP contribution >= 0.6 is 11.3 Å². The highest BCUT2D eigenvalue weighted by atomic mass is 32.1. The van der Waals surface area contributed by atoms with Crippen molar-refractivity contribution >= 4 is 28.8 Å². The van der Waals surface area contributed by atoms with Crippen molar-refractivity contribution in [3.8, 4) is 17.2 Å². The van der Waals surface area contributed by atoms with E-state index in [1.165, 1.54) is 21.3 Å². The van der Waals surface area contributed by atoms with Gasteiger partial charge in [-0.2, -0.15) is 0 Å². The lowest BCUT2D eigenvalue weighted by molar-refractivity contribution is -0.135. The zero-order chi connectivity index (χ0) is 21.8. The second-order valence-electron chi connectivity index (χ2n) is 7.07. The van der Waals surface area contributed by atoms with Crippen LogP contribution in [0, 0.1) is 5.92 Å². The van der Waals surface area contributed by atoms with Crippen molar-refractivity contribution in [1.82, 2.24) is 9.88 Å². The van der Waals surface area contributed by atoms with Crippen molar-refractivity contribution in [3.63, 3.8) is 0 Å². The van der Waals surface area contributed by atoms with Crippen molar-refractivity contribution in [2.75, 3.05) is 39.8 Å². The Hall–Kier alpha value is -2.81. The minimum Gasteiger partial charge on any atom is -0.493 e. The van der Waals surface area contributed by atoms with E-state index in [1.54, 1.807) is 40.3 Å². The first-order valence-electron chi connectivity index (χ1n) is 9.70. The third kappa shape index (κ3) is 4.35. The van der Waals surface area contributed by atoms with Crippen LogP contribution in [0.2, 0.25) is 0 Å². The number of hydrogen-bond acceptors (Lipinski definition) is 7. The summed E-state index contributed by atoms with van der Waals surface area (Å²) in [5, 5.41) is 3.03. The van der Waals surface area contributed by atoms with E-state index in [9.17, 15) is 9.59 Å². The molecule has 1 aliphatic rings. The molecule has 1 saturated heterocycles. The molecule has 8 nitrogen and oxygen atoms in total. The molecule has 0 bridgehead atoms. The Balaban J connectivity index is 1.75. The van der Waals surface area contributed by atoms with E-state index in [-0.39, 0.29) is 18.2 Å². The fraction of sp³-hybridized carbons (Fsp3) is 0.476. The van der Waals surface area contributed by atoms with Gasteiger partial charge in [0.15, 0.2) is 11.5 Å². The maximum atomic E-state index is 12.9. The molecule has 0 radical (unpaired) electrons. The highest BCUT2D eigenvalue weighted by Gasteiger charge is 2.37. The molecule has 2 aromatic rings. The van der Waals surface area contributed by atoms with Crippen LogP contribution in [0.25, 0.3) is 0 Å². The molecule has 0 spiro atoms. The number of amides is 2. The molecular weight excluding hydrogens is 406 g/mol. The molecule has 1 aromatic heterocycles. The monoisotopic (exact) mass is 433 g/mol. The van der Waals surface area contributed by atoms with Crippen LogP contribution in [0.1, 0.15) is 24.0 Å². The Morgan fingerprint density at radius 3 is 2.43 bits per heavy atom. The molecule has 0 N–H and O–H groups in total. The molecule has 1 aromatic carbocycles. The van der Waals surface area contributed by atoms with Crippen LogP contribution in [-0.4, -0.2) is 56.6 Å². The fourth-order valence-electron chi connectivity index (χ4n) is 3.56. The summed E-state index contributed by atoms with van der Waals surface area (Å²) in [6.07, 6.45) is 1.04. The minimum absolute atomic E-state index is 0.0654. The van der Waals surface area contributed by atoms with E-state index in [2.05, 4.69) is 11.9 Å². The Labute approximate surface area is 180 Å². The third-order valence-electron chi connectivity index (χ3n) is 5.11. The minimum atomic E-state index is -0.411. The lowest BCUT2D eigenvalue weighted by Gasteiger charge is -2.22. The Kier molecular flexibility index (Phi) is 6.81. The van der Waals surface area contributed by atoms with Gasteiger partial charge in [0.05, 0.1) is 50.2 Å². The summed E-state index contributed by atoms with van der Waals surface area (Å²) in [5.41, 5.74) is 1.48. The van der Waals surface area contributed by atoms with Crippen LogP contribution in [0.15, 0.2) is 17.5 Å². The predicted molar refractivity (Wildman–Crippen MR) is 115 cm³/mol. The van der Waals surface area contributed by atoms with E-state index in [1.807, 2.05) is 5.38 Å². The van der Waals surface area contributed by atoms with Gasteiger partial charge in [-0.1, -0.05) is 6.92 Å². The fourth-order valence-corrected chi connectivity index (χ4v) is 4.30. The van der Waals surface area contributed by atoms with Crippen LogP contribution in [0.3, 0.4) is 0 Å². The number of nitrogens with zero attached hydrogens (tertiary/aromatic N) is 3. The first-order valence-corrected chi connectivity index (χ1v) is 10.6. The average molecular weight is 434 g/mol. The van der Waals surface area contributed by atoms with E-state index in [0.717, 1.165) is 17.1 Å².